The van der Waals surface area contributed by atoms with E-state index in [1.54, 1.807) is 45.6 Å². The lowest BCUT2D eigenvalue weighted by Crippen LogP contribution is -2.25. The fourth-order valence-corrected chi connectivity index (χ4v) is 2.24. The quantitative estimate of drug-likeness (QED) is 0.853. The van der Waals surface area contributed by atoms with Gasteiger partial charge in [-0.3, -0.25) is 4.79 Å². The molecule has 0 saturated carbocycles. The normalized spacial score (nSPS) is 10.0. The maximum absolute atomic E-state index is 12.1. The average molecular weight is 315 g/mol. The van der Waals surface area contributed by atoms with Gasteiger partial charge < -0.3 is 19.5 Å². The summed E-state index contributed by atoms with van der Waals surface area (Å²) in [5.41, 5.74) is 1.59. The van der Waals surface area contributed by atoms with Crippen LogP contribution in [0.4, 0.5) is 0 Å². The Hall–Kier alpha value is -2.69. The summed E-state index contributed by atoms with van der Waals surface area (Å²) in [4.78, 5) is 12.1. The molecule has 5 heteroatoms. The fourth-order valence-electron chi connectivity index (χ4n) is 2.24. The highest BCUT2D eigenvalue weighted by Crippen LogP contribution is 2.24. The SMILES string of the molecule is COc1cccc(C(=O)NCCc2ccc(OC)cc2OC)c1. The third kappa shape index (κ3) is 4.39. The Bertz CT molecular complexity index is 670. The van der Waals surface area contributed by atoms with E-state index < -0.39 is 0 Å². The van der Waals surface area contributed by atoms with Crippen LogP contribution in [-0.2, 0) is 6.42 Å². The zero-order chi connectivity index (χ0) is 16.7. The monoisotopic (exact) mass is 315 g/mol. The summed E-state index contributed by atoms with van der Waals surface area (Å²) in [6, 6.07) is 12.7. The highest BCUT2D eigenvalue weighted by molar-refractivity contribution is 5.94. The van der Waals surface area contributed by atoms with Crippen molar-refractivity contribution in [2.75, 3.05) is 27.9 Å². The molecule has 0 saturated heterocycles. The summed E-state index contributed by atoms with van der Waals surface area (Å²) < 4.78 is 15.6. The van der Waals surface area contributed by atoms with E-state index in [-0.39, 0.29) is 5.91 Å². The third-order valence-electron chi connectivity index (χ3n) is 3.51. The molecule has 5 nitrogen and oxygen atoms in total. The second kappa shape index (κ2) is 8.08. The first-order chi connectivity index (χ1) is 11.2. The molecule has 0 aliphatic carbocycles. The van der Waals surface area contributed by atoms with Crippen LogP contribution in [-0.4, -0.2) is 33.8 Å². The average Bonchev–Trinajstić information content (AvgIpc) is 2.61. The topological polar surface area (TPSA) is 56.8 Å². The molecule has 0 aliphatic heterocycles. The van der Waals surface area contributed by atoms with Crippen molar-refractivity contribution < 1.29 is 19.0 Å². The molecule has 0 atom stereocenters. The molecule has 0 fully saturated rings. The lowest BCUT2D eigenvalue weighted by molar-refractivity contribution is 0.0953. The van der Waals surface area contributed by atoms with Gasteiger partial charge in [-0.2, -0.15) is 0 Å². The van der Waals surface area contributed by atoms with Crippen LogP contribution in [0, 0.1) is 0 Å². The summed E-state index contributed by atoms with van der Waals surface area (Å²) in [5, 5.41) is 2.90. The van der Waals surface area contributed by atoms with Crippen molar-refractivity contribution in [2.24, 2.45) is 0 Å². The zero-order valence-electron chi connectivity index (χ0n) is 13.6. The number of ether oxygens (including phenoxy) is 3. The number of hydrogen-bond acceptors (Lipinski definition) is 4. The van der Waals surface area contributed by atoms with Crippen LogP contribution in [0.15, 0.2) is 42.5 Å². The van der Waals surface area contributed by atoms with Crippen molar-refractivity contribution in [1.29, 1.82) is 0 Å². The molecule has 1 amide bonds. The van der Waals surface area contributed by atoms with Gasteiger partial charge in [0, 0.05) is 18.2 Å². The van der Waals surface area contributed by atoms with Crippen molar-refractivity contribution in [3.63, 3.8) is 0 Å². The van der Waals surface area contributed by atoms with Gasteiger partial charge in [-0.15, -0.1) is 0 Å². The number of benzene rings is 2. The first-order valence-corrected chi connectivity index (χ1v) is 7.31. The molecule has 0 bridgehead atoms. The molecular formula is C18H21NO4. The van der Waals surface area contributed by atoms with Gasteiger partial charge in [-0.25, -0.2) is 0 Å². The number of amides is 1. The van der Waals surface area contributed by atoms with E-state index in [9.17, 15) is 4.79 Å². The molecule has 2 aromatic rings. The molecule has 2 aromatic carbocycles. The van der Waals surface area contributed by atoms with Crippen LogP contribution in [0.5, 0.6) is 17.2 Å². The summed E-state index contributed by atoms with van der Waals surface area (Å²) in [7, 11) is 4.81. The van der Waals surface area contributed by atoms with Gasteiger partial charge in [-0.1, -0.05) is 12.1 Å². The molecule has 23 heavy (non-hydrogen) atoms. The molecule has 1 N–H and O–H groups in total. The minimum Gasteiger partial charge on any atom is -0.497 e. The summed E-state index contributed by atoms with van der Waals surface area (Å²) in [6.45, 7) is 0.513. The van der Waals surface area contributed by atoms with Gasteiger partial charge in [0.25, 0.3) is 5.91 Å². The van der Waals surface area contributed by atoms with E-state index >= 15 is 0 Å². The van der Waals surface area contributed by atoms with E-state index in [0.717, 1.165) is 17.1 Å². The van der Waals surface area contributed by atoms with E-state index in [4.69, 9.17) is 14.2 Å². The molecule has 0 radical (unpaired) electrons. The Labute approximate surface area is 136 Å². The van der Waals surface area contributed by atoms with Crippen molar-refractivity contribution in [3.05, 3.63) is 53.6 Å². The predicted molar refractivity (Wildman–Crippen MR) is 88.6 cm³/mol. The van der Waals surface area contributed by atoms with Gasteiger partial charge >= 0.3 is 0 Å². The summed E-state index contributed by atoms with van der Waals surface area (Å²) in [6.07, 6.45) is 0.670. The van der Waals surface area contributed by atoms with Crippen molar-refractivity contribution in [3.8, 4) is 17.2 Å². The fraction of sp³-hybridized carbons (Fsp3) is 0.278. The Morgan fingerprint density at radius 3 is 2.39 bits per heavy atom. The lowest BCUT2D eigenvalue weighted by Gasteiger charge is -2.11. The highest BCUT2D eigenvalue weighted by Gasteiger charge is 2.08. The van der Waals surface area contributed by atoms with Crippen LogP contribution in [0.1, 0.15) is 15.9 Å². The van der Waals surface area contributed by atoms with Crippen LogP contribution in [0.3, 0.4) is 0 Å². The number of carbonyl (C=O) groups is 1. The molecule has 0 aliphatic rings. The van der Waals surface area contributed by atoms with E-state index in [0.29, 0.717) is 24.3 Å². The lowest BCUT2D eigenvalue weighted by atomic mass is 10.1. The molecule has 0 spiro atoms. The minimum absolute atomic E-state index is 0.128. The molecule has 0 unspecified atom stereocenters. The third-order valence-corrected chi connectivity index (χ3v) is 3.51. The largest absolute Gasteiger partial charge is 0.497 e. The van der Waals surface area contributed by atoms with Crippen LogP contribution < -0.4 is 19.5 Å². The smallest absolute Gasteiger partial charge is 0.251 e. The Morgan fingerprint density at radius 2 is 1.70 bits per heavy atom. The first-order valence-electron chi connectivity index (χ1n) is 7.31. The number of methoxy groups -OCH3 is 3. The van der Waals surface area contributed by atoms with E-state index in [2.05, 4.69) is 5.32 Å². The van der Waals surface area contributed by atoms with Crippen molar-refractivity contribution in [2.45, 2.75) is 6.42 Å². The zero-order valence-corrected chi connectivity index (χ0v) is 13.6. The van der Waals surface area contributed by atoms with Gasteiger partial charge in [-0.05, 0) is 36.2 Å². The Kier molecular flexibility index (Phi) is 5.86. The maximum Gasteiger partial charge on any atom is 0.251 e. The second-order valence-corrected chi connectivity index (χ2v) is 4.92. The van der Waals surface area contributed by atoms with Crippen molar-refractivity contribution in [1.82, 2.24) is 5.32 Å². The minimum atomic E-state index is -0.128. The first kappa shape index (κ1) is 16.7. The maximum atomic E-state index is 12.1. The number of rotatable bonds is 7. The van der Waals surface area contributed by atoms with Crippen molar-refractivity contribution >= 4 is 5.91 Å². The van der Waals surface area contributed by atoms with Gasteiger partial charge in [0.1, 0.15) is 17.2 Å². The Morgan fingerprint density at radius 1 is 0.957 bits per heavy atom. The highest BCUT2D eigenvalue weighted by atomic mass is 16.5. The van der Waals surface area contributed by atoms with Gasteiger partial charge in [0.15, 0.2) is 0 Å². The number of nitrogens with one attached hydrogen (secondary N) is 1. The molecule has 122 valence electrons. The Balaban J connectivity index is 1.95. The van der Waals surface area contributed by atoms with Crippen LogP contribution >= 0.6 is 0 Å². The summed E-state index contributed by atoms with van der Waals surface area (Å²) in [5.74, 6) is 2.02. The number of carbonyl (C=O) groups excluding carboxylic acids is 1. The van der Waals surface area contributed by atoms with E-state index in [1.165, 1.54) is 0 Å². The molecule has 2 rings (SSSR count). The second-order valence-electron chi connectivity index (χ2n) is 4.92. The molecule has 0 aromatic heterocycles. The van der Waals surface area contributed by atoms with Crippen LogP contribution in [0.25, 0.3) is 0 Å². The molecule has 0 heterocycles. The van der Waals surface area contributed by atoms with Gasteiger partial charge in [0.2, 0.25) is 0 Å². The summed E-state index contributed by atoms with van der Waals surface area (Å²) >= 11 is 0. The van der Waals surface area contributed by atoms with Gasteiger partial charge in [0.05, 0.1) is 21.3 Å². The van der Waals surface area contributed by atoms with E-state index in [1.807, 2.05) is 18.2 Å². The number of hydrogen-bond donors (Lipinski definition) is 1. The molecular weight excluding hydrogens is 294 g/mol. The standard InChI is InChI=1S/C18H21NO4/c1-21-15-6-4-5-14(11-15)18(20)19-10-9-13-7-8-16(22-2)12-17(13)23-3/h4-8,11-12H,9-10H2,1-3H3,(H,19,20). The van der Waals surface area contributed by atoms with Crippen LogP contribution in [0.2, 0.25) is 0 Å². The predicted octanol–water partition coefficient (Wildman–Crippen LogP) is 2.68.